The first-order valence-electron chi connectivity index (χ1n) is 5.61. The van der Waals surface area contributed by atoms with Crippen molar-refractivity contribution in [3.63, 3.8) is 0 Å². The third-order valence-corrected chi connectivity index (χ3v) is 3.11. The molecule has 1 aliphatic rings. The molecule has 2 atom stereocenters. The summed E-state index contributed by atoms with van der Waals surface area (Å²) in [5, 5.41) is 10.2. The molecule has 0 heterocycles. The number of hydrogen-bond donors (Lipinski definition) is 1. The van der Waals surface area contributed by atoms with E-state index in [1.54, 1.807) is 14.2 Å². The number of rotatable bonds is 5. The van der Waals surface area contributed by atoms with Crippen molar-refractivity contribution in [1.29, 1.82) is 0 Å². The molecule has 1 aliphatic carbocycles. The van der Waals surface area contributed by atoms with Gasteiger partial charge in [0, 0.05) is 7.11 Å². The third kappa shape index (κ3) is 2.36. The number of ether oxygens (including phenoxy) is 2. The van der Waals surface area contributed by atoms with Crippen molar-refractivity contribution in [1.82, 2.24) is 0 Å². The highest BCUT2D eigenvalue weighted by molar-refractivity contribution is 5.30. The topological polar surface area (TPSA) is 38.7 Å². The average Bonchev–Trinajstić information content (AvgIpc) is 3.14. The Labute approximate surface area is 96.0 Å². The molecule has 0 amide bonds. The third-order valence-electron chi connectivity index (χ3n) is 3.11. The molecule has 2 unspecified atom stereocenters. The van der Waals surface area contributed by atoms with E-state index in [0.29, 0.717) is 5.92 Å². The van der Waals surface area contributed by atoms with Crippen LogP contribution in [0.3, 0.4) is 0 Å². The highest BCUT2D eigenvalue weighted by Gasteiger charge is 2.36. The number of aliphatic hydroxyl groups excluding tert-OH is 1. The zero-order chi connectivity index (χ0) is 11.5. The van der Waals surface area contributed by atoms with E-state index in [0.717, 1.165) is 24.2 Å². The number of aliphatic hydroxyl groups is 1. The van der Waals surface area contributed by atoms with Crippen LogP contribution in [0, 0.1) is 5.92 Å². The van der Waals surface area contributed by atoms with Crippen LogP contribution in [-0.4, -0.2) is 25.4 Å². The standard InChI is InChI=1S/C13H18O3/c1-15-11-5-3-4-10(8-11)12(14)13(16-2)9-6-7-9/h3-5,8-9,12-14H,6-7H2,1-2H3. The predicted octanol–water partition coefficient (Wildman–Crippen LogP) is 2.15. The molecule has 0 bridgehead atoms. The van der Waals surface area contributed by atoms with Crippen molar-refractivity contribution < 1.29 is 14.6 Å². The monoisotopic (exact) mass is 222 g/mol. The average molecular weight is 222 g/mol. The van der Waals surface area contributed by atoms with Crippen LogP contribution < -0.4 is 4.74 Å². The van der Waals surface area contributed by atoms with Crippen molar-refractivity contribution in [2.75, 3.05) is 14.2 Å². The van der Waals surface area contributed by atoms with E-state index in [-0.39, 0.29) is 6.10 Å². The van der Waals surface area contributed by atoms with Gasteiger partial charge in [0.05, 0.1) is 13.2 Å². The summed E-state index contributed by atoms with van der Waals surface area (Å²) in [5.41, 5.74) is 0.859. The normalized spacial score (nSPS) is 19.2. The highest BCUT2D eigenvalue weighted by Crippen LogP contribution is 2.40. The van der Waals surface area contributed by atoms with E-state index < -0.39 is 6.10 Å². The molecule has 1 aromatic rings. The van der Waals surface area contributed by atoms with Crippen molar-refractivity contribution in [2.45, 2.75) is 25.0 Å². The van der Waals surface area contributed by atoms with E-state index in [9.17, 15) is 5.11 Å². The lowest BCUT2D eigenvalue weighted by molar-refractivity contribution is -0.0260. The van der Waals surface area contributed by atoms with Crippen LogP contribution in [0.15, 0.2) is 24.3 Å². The number of methoxy groups -OCH3 is 2. The maximum Gasteiger partial charge on any atom is 0.119 e. The van der Waals surface area contributed by atoms with Gasteiger partial charge in [0.1, 0.15) is 11.9 Å². The van der Waals surface area contributed by atoms with Gasteiger partial charge in [0.15, 0.2) is 0 Å². The molecule has 3 heteroatoms. The zero-order valence-corrected chi connectivity index (χ0v) is 9.72. The van der Waals surface area contributed by atoms with Gasteiger partial charge in [-0.25, -0.2) is 0 Å². The first kappa shape index (κ1) is 11.4. The molecule has 0 aliphatic heterocycles. The number of hydrogen-bond acceptors (Lipinski definition) is 3. The second kappa shape index (κ2) is 4.85. The molecule has 2 rings (SSSR count). The van der Waals surface area contributed by atoms with Crippen LogP contribution in [-0.2, 0) is 4.74 Å². The Bertz CT molecular complexity index is 347. The first-order valence-corrected chi connectivity index (χ1v) is 5.61. The largest absolute Gasteiger partial charge is 0.497 e. The summed E-state index contributed by atoms with van der Waals surface area (Å²) in [6.07, 6.45) is 1.65. The molecule has 1 saturated carbocycles. The summed E-state index contributed by atoms with van der Waals surface area (Å²) in [6.45, 7) is 0. The van der Waals surface area contributed by atoms with E-state index in [1.165, 1.54) is 0 Å². The number of benzene rings is 1. The minimum absolute atomic E-state index is 0.0906. The second-order valence-corrected chi connectivity index (χ2v) is 4.26. The van der Waals surface area contributed by atoms with Gasteiger partial charge in [-0.3, -0.25) is 0 Å². The fourth-order valence-electron chi connectivity index (χ4n) is 2.02. The Morgan fingerprint density at radius 2 is 2.06 bits per heavy atom. The molecule has 0 aromatic heterocycles. The van der Waals surface area contributed by atoms with Crippen LogP contribution in [0.4, 0.5) is 0 Å². The van der Waals surface area contributed by atoms with Crippen LogP contribution in [0.25, 0.3) is 0 Å². The van der Waals surface area contributed by atoms with Crippen LogP contribution >= 0.6 is 0 Å². The fraction of sp³-hybridized carbons (Fsp3) is 0.538. The second-order valence-electron chi connectivity index (χ2n) is 4.26. The lowest BCUT2D eigenvalue weighted by Gasteiger charge is -2.21. The summed E-state index contributed by atoms with van der Waals surface area (Å²) in [4.78, 5) is 0. The lowest BCUT2D eigenvalue weighted by atomic mass is 10.0. The minimum atomic E-state index is -0.562. The quantitative estimate of drug-likeness (QED) is 0.829. The summed E-state index contributed by atoms with van der Waals surface area (Å²) in [6, 6.07) is 7.52. The van der Waals surface area contributed by atoms with Crippen molar-refractivity contribution in [3.05, 3.63) is 29.8 Å². The Kier molecular flexibility index (Phi) is 3.46. The van der Waals surface area contributed by atoms with Crippen LogP contribution in [0.2, 0.25) is 0 Å². The van der Waals surface area contributed by atoms with E-state index in [4.69, 9.17) is 9.47 Å². The predicted molar refractivity (Wildman–Crippen MR) is 61.5 cm³/mol. The lowest BCUT2D eigenvalue weighted by Crippen LogP contribution is -2.23. The SMILES string of the molecule is COc1cccc(C(O)C(OC)C2CC2)c1. The molecular formula is C13H18O3. The molecular weight excluding hydrogens is 204 g/mol. The highest BCUT2D eigenvalue weighted by atomic mass is 16.5. The maximum atomic E-state index is 10.2. The van der Waals surface area contributed by atoms with Crippen molar-refractivity contribution in [2.24, 2.45) is 5.92 Å². The Morgan fingerprint density at radius 1 is 1.31 bits per heavy atom. The van der Waals surface area contributed by atoms with Gasteiger partial charge in [0.2, 0.25) is 0 Å². The zero-order valence-electron chi connectivity index (χ0n) is 9.72. The van der Waals surface area contributed by atoms with Crippen LogP contribution in [0.1, 0.15) is 24.5 Å². The Morgan fingerprint density at radius 3 is 2.62 bits per heavy atom. The van der Waals surface area contributed by atoms with Crippen LogP contribution in [0.5, 0.6) is 5.75 Å². The molecule has 0 radical (unpaired) electrons. The van der Waals surface area contributed by atoms with Gasteiger partial charge in [-0.05, 0) is 36.5 Å². The Hall–Kier alpha value is -1.06. The van der Waals surface area contributed by atoms with Gasteiger partial charge >= 0.3 is 0 Å². The van der Waals surface area contributed by atoms with E-state index in [2.05, 4.69) is 0 Å². The smallest absolute Gasteiger partial charge is 0.119 e. The Balaban J connectivity index is 2.14. The van der Waals surface area contributed by atoms with E-state index in [1.807, 2.05) is 24.3 Å². The van der Waals surface area contributed by atoms with Gasteiger partial charge < -0.3 is 14.6 Å². The molecule has 1 aromatic carbocycles. The molecule has 1 N–H and O–H groups in total. The summed E-state index contributed by atoms with van der Waals surface area (Å²) in [7, 11) is 3.28. The van der Waals surface area contributed by atoms with Gasteiger partial charge in [-0.2, -0.15) is 0 Å². The van der Waals surface area contributed by atoms with Gasteiger partial charge in [-0.1, -0.05) is 12.1 Å². The summed E-state index contributed by atoms with van der Waals surface area (Å²) < 4.78 is 10.5. The molecule has 3 nitrogen and oxygen atoms in total. The summed E-state index contributed by atoms with van der Waals surface area (Å²) >= 11 is 0. The van der Waals surface area contributed by atoms with Crippen molar-refractivity contribution in [3.8, 4) is 5.75 Å². The molecule has 1 fully saturated rings. The van der Waals surface area contributed by atoms with Gasteiger partial charge in [0.25, 0.3) is 0 Å². The maximum absolute atomic E-state index is 10.2. The molecule has 0 saturated heterocycles. The fourth-order valence-corrected chi connectivity index (χ4v) is 2.02. The minimum Gasteiger partial charge on any atom is -0.497 e. The molecule has 0 spiro atoms. The van der Waals surface area contributed by atoms with E-state index >= 15 is 0 Å². The van der Waals surface area contributed by atoms with Gasteiger partial charge in [-0.15, -0.1) is 0 Å². The van der Waals surface area contributed by atoms with Crippen molar-refractivity contribution >= 4 is 0 Å². The molecule has 16 heavy (non-hydrogen) atoms. The summed E-state index contributed by atoms with van der Waals surface area (Å²) in [5.74, 6) is 1.27. The first-order chi connectivity index (χ1) is 7.76. The molecule has 88 valence electrons.